The maximum absolute atomic E-state index is 12.5. The van der Waals surface area contributed by atoms with Gasteiger partial charge in [0.25, 0.3) is 5.91 Å². The summed E-state index contributed by atoms with van der Waals surface area (Å²) in [6.45, 7) is 5.90. The summed E-state index contributed by atoms with van der Waals surface area (Å²) in [6.07, 6.45) is -0.129. The molecule has 0 aliphatic heterocycles. The molecule has 1 amide bonds. The maximum atomic E-state index is 12.5. The molecular formula is C18H18Cl3NO2. The van der Waals surface area contributed by atoms with Crippen LogP contribution in [0.15, 0.2) is 30.3 Å². The Labute approximate surface area is 156 Å². The van der Waals surface area contributed by atoms with Gasteiger partial charge in [0.2, 0.25) is 0 Å². The molecular weight excluding hydrogens is 369 g/mol. The molecule has 0 saturated carbocycles. The molecule has 0 saturated heterocycles. The first kappa shape index (κ1) is 18.9. The molecule has 0 spiro atoms. The lowest BCUT2D eigenvalue weighted by Crippen LogP contribution is -2.32. The fraction of sp³-hybridized carbons (Fsp3) is 0.278. The Morgan fingerprint density at radius 3 is 2.33 bits per heavy atom. The summed E-state index contributed by atoms with van der Waals surface area (Å²) in [5, 5.41) is 3.71. The van der Waals surface area contributed by atoms with Crippen LogP contribution in [0.2, 0.25) is 15.1 Å². The van der Waals surface area contributed by atoms with Crippen molar-refractivity contribution in [3.8, 4) is 5.75 Å². The van der Waals surface area contributed by atoms with Crippen molar-refractivity contribution < 1.29 is 9.53 Å². The fourth-order valence-electron chi connectivity index (χ4n) is 2.11. The summed E-state index contributed by atoms with van der Waals surface area (Å²) < 4.78 is 5.81. The Kier molecular flexibility index (Phi) is 6.39. The van der Waals surface area contributed by atoms with Gasteiger partial charge in [-0.15, -0.1) is 0 Å². The zero-order valence-electron chi connectivity index (χ0n) is 13.6. The predicted octanol–water partition coefficient (Wildman–Crippen LogP) is 6.06. The van der Waals surface area contributed by atoms with Crippen molar-refractivity contribution in [2.45, 2.75) is 33.3 Å². The van der Waals surface area contributed by atoms with Gasteiger partial charge in [0, 0.05) is 0 Å². The van der Waals surface area contributed by atoms with E-state index in [1.807, 2.05) is 39.0 Å². The molecule has 0 fully saturated rings. The van der Waals surface area contributed by atoms with E-state index in [2.05, 4.69) is 5.32 Å². The first-order valence-corrected chi connectivity index (χ1v) is 8.64. The van der Waals surface area contributed by atoms with Crippen molar-refractivity contribution >= 4 is 46.4 Å². The summed E-state index contributed by atoms with van der Waals surface area (Å²) in [5.74, 6) is 0.358. The lowest BCUT2D eigenvalue weighted by molar-refractivity contribution is -0.122. The zero-order chi connectivity index (χ0) is 17.9. The molecule has 2 rings (SSSR count). The predicted molar refractivity (Wildman–Crippen MR) is 101 cm³/mol. The number of carbonyl (C=O) groups excluding carboxylic acids is 1. The highest BCUT2D eigenvalue weighted by atomic mass is 35.5. The van der Waals surface area contributed by atoms with Crippen molar-refractivity contribution in [1.82, 2.24) is 0 Å². The second-order valence-corrected chi connectivity index (χ2v) is 6.72. The summed E-state index contributed by atoms with van der Waals surface area (Å²) in [6, 6.07) is 8.74. The highest BCUT2D eigenvalue weighted by Gasteiger charge is 2.20. The lowest BCUT2D eigenvalue weighted by Gasteiger charge is -2.18. The van der Waals surface area contributed by atoms with E-state index in [9.17, 15) is 4.79 Å². The van der Waals surface area contributed by atoms with E-state index >= 15 is 0 Å². The quantitative estimate of drug-likeness (QED) is 0.634. The molecule has 2 aromatic carbocycles. The number of hydrogen-bond acceptors (Lipinski definition) is 2. The third-order valence-corrected chi connectivity index (χ3v) is 4.72. The average molecular weight is 387 g/mol. The molecule has 3 nitrogen and oxygen atoms in total. The second-order valence-electron chi connectivity index (χ2n) is 5.50. The van der Waals surface area contributed by atoms with Crippen LogP contribution in [0.1, 0.15) is 24.5 Å². The number of nitrogens with one attached hydrogen (secondary N) is 1. The highest BCUT2D eigenvalue weighted by molar-refractivity contribution is 6.44. The van der Waals surface area contributed by atoms with Gasteiger partial charge in [-0.1, -0.05) is 47.8 Å². The van der Waals surface area contributed by atoms with Gasteiger partial charge < -0.3 is 10.1 Å². The number of benzene rings is 2. The molecule has 1 atom stereocenters. The lowest BCUT2D eigenvalue weighted by atomic mass is 10.1. The van der Waals surface area contributed by atoms with Gasteiger partial charge in [-0.3, -0.25) is 4.79 Å². The third-order valence-electron chi connectivity index (χ3n) is 3.69. The van der Waals surface area contributed by atoms with Gasteiger partial charge in [0.15, 0.2) is 6.10 Å². The molecule has 6 heteroatoms. The molecule has 0 aliphatic carbocycles. The zero-order valence-corrected chi connectivity index (χ0v) is 15.9. The number of carbonyl (C=O) groups is 1. The van der Waals surface area contributed by atoms with Crippen LogP contribution in [-0.4, -0.2) is 12.0 Å². The van der Waals surface area contributed by atoms with Crippen molar-refractivity contribution in [2.75, 3.05) is 5.32 Å². The van der Waals surface area contributed by atoms with E-state index < -0.39 is 6.10 Å². The Bertz CT molecular complexity index is 762. The number of ether oxygens (including phenoxy) is 1. The molecule has 0 unspecified atom stereocenters. The third kappa shape index (κ3) is 4.56. The Balaban J connectivity index is 2.14. The average Bonchev–Trinajstić information content (AvgIpc) is 2.53. The van der Waals surface area contributed by atoms with Crippen LogP contribution >= 0.6 is 34.8 Å². The summed E-state index contributed by atoms with van der Waals surface area (Å²) >= 11 is 18.0. The summed E-state index contributed by atoms with van der Waals surface area (Å²) in [5.41, 5.74) is 2.68. The molecule has 0 heterocycles. The smallest absolute Gasteiger partial charge is 0.265 e. The molecule has 2 aromatic rings. The maximum Gasteiger partial charge on any atom is 0.265 e. The van der Waals surface area contributed by atoms with Gasteiger partial charge in [-0.05, 0) is 55.7 Å². The standard InChI is InChI=1S/C18H18Cl3NO2/c1-4-17(24-12-6-5-10(2)11(3)7-12)18(23)22-16-9-14(20)13(19)8-15(16)21/h5-9,17H,4H2,1-3H3,(H,22,23)/t17-/m0/s1. The van der Waals surface area contributed by atoms with Crippen LogP contribution in [-0.2, 0) is 4.79 Å². The minimum atomic E-state index is -0.641. The first-order chi connectivity index (χ1) is 11.3. The van der Waals surface area contributed by atoms with E-state index in [0.717, 1.165) is 5.56 Å². The molecule has 24 heavy (non-hydrogen) atoms. The van der Waals surface area contributed by atoms with Gasteiger partial charge in [0.1, 0.15) is 5.75 Å². The SMILES string of the molecule is CC[C@H](Oc1ccc(C)c(C)c1)C(=O)Nc1cc(Cl)c(Cl)cc1Cl. The number of aryl methyl sites for hydroxylation is 2. The van der Waals surface area contributed by atoms with Crippen molar-refractivity contribution in [2.24, 2.45) is 0 Å². The van der Waals surface area contributed by atoms with Crippen LogP contribution < -0.4 is 10.1 Å². The molecule has 0 aliphatic rings. The van der Waals surface area contributed by atoms with Gasteiger partial charge in [-0.2, -0.15) is 0 Å². The normalized spacial score (nSPS) is 11.9. The number of anilines is 1. The molecule has 128 valence electrons. The van der Waals surface area contributed by atoms with E-state index in [-0.39, 0.29) is 5.91 Å². The second kappa shape index (κ2) is 8.11. The number of amides is 1. The minimum Gasteiger partial charge on any atom is -0.481 e. The molecule has 0 radical (unpaired) electrons. The van der Waals surface area contributed by atoms with E-state index in [1.54, 1.807) is 0 Å². The van der Waals surface area contributed by atoms with Crippen LogP contribution in [0.25, 0.3) is 0 Å². The van der Waals surface area contributed by atoms with Gasteiger partial charge in [0.05, 0.1) is 20.8 Å². The molecule has 1 N–H and O–H groups in total. The topological polar surface area (TPSA) is 38.3 Å². The van der Waals surface area contributed by atoms with Gasteiger partial charge in [-0.25, -0.2) is 0 Å². The highest BCUT2D eigenvalue weighted by Crippen LogP contribution is 2.32. The fourth-order valence-corrected chi connectivity index (χ4v) is 2.70. The van der Waals surface area contributed by atoms with E-state index in [0.29, 0.717) is 32.9 Å². The van der Waals surface area contributed by atoms with Crippen molar-refractivity contribution in [3.05, 3.63) is 56.5 Å². The largest absolute Gasteiger partial charge is 0.481 e. The Hall–Kier alpha value is -1.42. The summed E-state index contributed by atoms with van der Waals surface area (Å²) in [4.78, 5) is 12.5. The van der Waals surface area contributed by atoms with Crippen LogP contribution in [0.3, 0.4) is 0 Å². The van der Waals surface area contributed by atoms with Crippen molar-refractivity contribution in [1.29, 1.82) is 0 Å². The monoisotopic (exact) mass is 385 g/mol. The Morgan fingerprint density at radius 1 is 1.04 bits per heavy atom. The molecule has 0 aromatic heterocycles. The van der Waals surface area contributed by atoms with Crippen LogP contribution in [0.5, 0.6) is 5.75 Å². The Morgan fingerprint density at radius 2 is 1.71 bits per heavy atom. The number of halogens is 3. The van der Waals surface area contributed by atoms with Crippen LogP contribution in [0.4, 0.5) is 5.69 Å². The molecule has 0 bridgehead atoms. The number of hydrogen-bond donors (Lipinski definition) is 1. The first-order valence-electron chi connectivity index (χ1n) is 7.51. The van der Waals surface area contributed by atoms with E-state index in [1.165, 1.54) is 17.7 Å². The van der Waals surface area contributed by atoms with Gasteiger partial charge >= 0.3 is 0 Å². The van der Waals surface area contributed by atoms with Crippen molar-refractivity contribution in [3.63, 3.8) is 0 Å². The van der Waals surface area contributed by atoms with Crippen LogP contribution in [0, 0.1) is 13.8 Å². The minimum absolute atomic E-state index is 0.295. The number of rotatable bonds is 5. The van der Waals surface area contributed by atoms with E-state index in [4.69, 9.17) is 39.5 Å². The summed E-state index contributed by atoms with van der Waals surface area (Å²) in [7, 11) is 0.